The second-order valence-corrected chi connectivity index (χ2v) is 5.25. The van der Waals surface area contributed by atoms with Crippen LogP contribution in [-0.2, 0) is 11.3 Å². The van der Waals surface area contributed by atoms with E-state index in [1.54, 1.807) is 0 Å². The van der Waals surface area contributed by atoms with Gasteiger partial charge in [0.15, 0.2) is 0 Å². The molecule has 0 radical (unpaired) electrons. The van der Waals surface area contributed by atoms with Crippen LogP contribution in [0.1, 0.15) is 45.7 Å². The van der Waals surface area contributed by atoms with Gasteiger partial charge in [0.1, 0.15) is 6.54 Å². The first kappa shape index (κ1) is 15.8. The van der Waals surface area contributed by atoms with Gasteiger partial charge in [0.2, 0.25) is 5.91 Å². The topological polar surface area (TPSA) is 46.1 Å². The number of likely N-dealkylation sites (N-methyl/N-ethyl adjacent to an activating group) is 1. The lowest BCUT2D eigenvalue weighted by atomic mass is 9.98. The maximum Gasteiger partial charge on any atom is 0.239 e. The van der Waals surface area contributed by atoms with E-state index >= 15 is 0 Å². The minimum Gasteiger partial charge on any atom is -0.355 e. The van der Waals surface area contributed by atoms with Crippen LogP contribution in [0.25, 0.3) is 0 Å². The third-order valence-electron chi connectivity index (χ3n) is 3.11. The van der Waals surface area contributed by atoms with Gasteiger partial charge in [-0.15, -0.1) is 0 Å². The van der Waals surface area contributed by atoms with E-state index in [4.69, 9.17) is 0 Å². The Morgan fingerprint density at radius 2 is 2.11 bits per heavy atom. The Balaban J connectivity index is 2.67. The number of rotatable bonds is 8. The molecule has 1 aromatic rings. The first-order valence-corrected chi connectivity index (χ1v) is 7.24. The Morgan fingerprint density at radius 1 is 1.37 bits per heavy atom. The van der Waals surface area contributed by atoms with E-state index in [1.807, 2.05) is 17.7 Å². The monoisotopic (exact) mass is 265 g/mol. The molecule has 0 fully saturated rings. The Kier molecular flexibility index (Phi) is 6.64. The molecule has 0 saturated carbocycles. The molecule has 2 N–H and O–H groups in total. The molecule has 19 heavy (non-hydrogen) atoms. The highest BCUT2D eigenvalue weighted by molar-refractivity contribution is 5.75. The number of carbonyl (C=O) groups is 1. The molecule has 1 heterocycles. The van der Waals surface area contributed by atoms with Crippen LogP contribution < -0.4 is 10.6 Å². The third-order valence-corrected chi connectivity index (χ3v) is 3.11. The molecule has 0 aliphatic rings. The van der Waals surface area contributed by atoms with Crippen LogP contribution in [0.15, 0.2) is 18.5 Å². The van der Waals surface area contributed by atoms with Crippen LogP contribution in [0.5, 0.6) is 0 Å². The summed E-state index contributed by atoms with van der Waals surface area (Å²) >= 11 is 0. The molecule has 0 bridgehead atoms. The summed E-state index contributed by atoms with van der Waals surface area (Å²) in [7, 11) is 0. The van der Waals surface area contributed by atoms with Crippen LogP contribution >= 0.6 is 0 Å². The number of carbonyl (C=O) groups excluding carboxylic acids is 1. The van der Waals surface area contributed by atoms with Crippen molar-refractivity contribution >= 4 is 5.91 Å². The van der Waals surface area contributed by atoms with Crippen molar-refractivity contribution < 1.29 is 4.79 Å². The van der Waals surface area contributed by atoms with E-state index in [9.17, 15) is 4.79 Å². The van der Waals surface area contributed by atoms with Crippen molar-refractivity contribution in [2.45, 2.75) is 46.7 Å². The Morgan fingerprint density at radius 3 is 2.68 bits per heavy atom. The maximum atomic E-state index is 11.5. The molecular weight excluding hydrogens is 238 g/mol. The van der Waals surface area contributed by atoms with Gasteiger partial charge in [0.25, 0.3) is 0 Å². The van der Waals surface area contributed by atoms with Gasteiger partial charge in [-0.05, 0) is 37.4 Å². The molecule has 1 amide bonds. The molecule has 1 rings (SSSR count). The highest BCUT2D eigenvalue weighted by Crippen LogP contribution is 2.21. The van der Waals surface area contributed by atoms with Gasteiger partial charge in [-0.1, -0.05) is 20.8 Å². The highest BCUT2D eigenvalue weighted by Gasteiger charge is 2.16. The Labute approximate surface area is 116 Å². The molecule has 0 aliphatic carbocycles. The average molecular weight is 265 g/mol. The molecule has 0 aliphatic heterocycles. The molecule has 1 unspecified atom stereocenters. The van der Waals surface area contributed by atoms with Gasteiger partial charge in [-0.3, -0.25) is 4.79 Å². The zero-order chi connectivity index (χ0) is 14.3. The van der Waals surface area contributed by atoms with Crippen molar-refractivity contribution in [3.63, 3.8) is 0 Å². The second kappa shape index (κ2) is 8.00. The smallest absolute Gasteiger partial charge is 0.239 e. The van der Waals surface area contributed by atoms with Gasteiger partial charge < -0.3 is 15.2 Å². The fourth-order valence-electron chi connectivity index (χ4n) is 2.20. The van der Waals surface area contributed by atoms with E-state index in [1.165, 1.54) is 5.56 Å². The van der Waals surface area contributed by atoms with Crippen molar-refractivity contribution in [3.8, 4) is 0 Å². The van der Waals surface area contributed by atoms with Gasteiger partial charge in [0, 0.05) is 25.0 Å². The summed E-state index contributed by atoms with van der Waals surface area (Å²) < 4.78 is 1.95. The predicted molar refractivity (Wildman–Crippen MR) is 79.0 cm³/mol. The van der Waals surface area contributed by atoms with Crippen molar-refractivity contribution in [2.75, 3.05) is 13.1 Å². The van der Waals surface area contributed by atoms with Crippen molar-refractivity contribution in [1.82, 2.24) is 15.2 Å². The minimum absolute atomic E-state index is 0.0623. The summed E-state index contributed by atoms with van der Waals surface area (Å²) in [5.41, 5.74) is 1.26. The molecular formula is C15H27N3O. The lowest BCUT2D eigenvalue weighted by Crippen LogP contribution is -2.27. The zero-order valence-corrected chi connectivity index (χ0v) is 12.6. The predicted octanol–water partition coefficient (Wildman–Crippen LogP) is 2.32. The summed E-state index contributed by atoms with van der Waals surface area (Å²) in [5.74, 6) is 0.596. The summed E-state index contributed by atoms with van der Waals surface area (Å²) in [4.78, 5) is 11.5. The molecule has 108 valence electrons. The van der Waals surface area contributed by atoms with Crippen LogP contribution in [0.3, 0.4) is 0 Å². The van der Waals surface area contributed by atoms with E-state index in [0.717, 1.165) is 13.0 Å². The largest absolute Gasteiger partial charge is 0.355 e. The average Bonchev–Trinajstić information content (AvgIpc) is 2.77. The number of hydrogen-bond acceptors (Lipinski definition) is 2. The van der Waals surface area contributed by atoms with Crippen molar-refractivity contribution in [1.29, 1.82) is 0 Å². The fourth-order valence-corrected chi connectivity index (χ4v) is 2.20. The molecule has 4 nitrogen and oxygen atoms in total. The lowest BCUT2D eigenvalue weighted by Gasteiger charge is -2.21. The van der Waals surface area contributed by atoms with Crippen LogP contribution in [-0.4, -0.2) is 23.6 Å². The fraction of sp³-hybridized carbons (Fsp3) is 0.667. The number of amides is 1. The molecule has 0 aromatic carbocycles. The number of hydrogen-bond donors (Lipinski definition) is 2. The summed E-state index contributed by atoms with van der Waals surface area (Å²) in [6, 6.07) is 2.46. The summed E-state index contributed by atoms with van der Waals surface area (Å²) in [5, 5.41) is 6.38. The third kappa shape index (κ3) is 5.07. The van der Waals surface area contributed by atoms with Crippen LogP contribution in [0.2, 0.25) is 0 Å². The van der Waals surface area contributed by atoms with E-state index in [-0.39, 0.29) is 5.91 Å². The standard InChI is InChI=1S/C15H27N3O/c1-5-8-17-15(12(3)4)13-7-9-18(10-13)11-14(19)16-6-2/h7,9-10,12,15,17H,5-6,8,11H2,1-4H3,(H,16,19). The van der Waals surface area contributed by atoms with Gasteiger partial charge in [0.05, 0.1) is 0 Å². The number of nitrogens with zero attached hydrogens (tertiary/aromatic N) is 1. The summed E-state index contributed by atoms with van der Waals surface area (Å²) in [6.45, 7) is 10.6. The lowest BCUT2D eigenvalue weighted by molar-refractivity contribution is -0.121. The maximum absolute atomic E-state index is 11.5. The van der Waals surface area contributed by atoms with Crippen molar-refractivity contribution in [2.24, 2.45) is 5.92 Å². The SMILES string of the molecule is CCCNC(c1ccn(CC(=O)NCC)c1)C(C)C. The van der Waals surface area contributed by atoms with E-state index in [2.05, 4.69) is 43.7 Å². The first-order valence-electron chi connectivity index (χ1n) is 7.24. The highest BCUT2D eigenvalue weighted by atomic mass is 16.1. The molecule has 1 atom stereocenters. The van der Waals surface area contributed by atoms with E-state index < -0.39 is 0 Å². The minimum atomic E-state index is 0.0623. The van der Waals surface area contributed by atoms with Gasteiger partial charge in [-0.25, -0.2) is 0 Å². The molecule has 1 aromatic heterocycles. The number of aromatic nitrogens is 1. The number of nitrogens with one attached hydrogen (secondary N) is 2. The Bertz CT molecular complexity index is 384. The zero-order valence-electron chi connectivity index (χ0n) is 12.6. The molecule has 4 heteroatoms. The van der Waals surface area contributed by atoms with E-state index in [0.29, 0.717) is 25.0 Å². The summed E-state index contributed by atoms with van der Waals surface area (Å²) in [6.07, 6.45) is 5.18. The Hall–Kier alpha value is -1.29. The molecule has 0 saturated heterocycles. The van der Waals surface area contributed by atoms with Gasteiger partial charge in [-0.2, -0.15) is 0 Å². The normalized spacial score (nSPS) is 12.7. The first-order chi connectivity index (χ1) is 9.08. The quantitative estimate of drug-likeness (QED) is 0.758. The van der Waals surface area contributed by atoms with Crippen LogP contribution in [0, 0.1) is 5.92 Å². The second-order valence-electron chi connectivity index (χ2n) is 5.25. The van der Waals surface area contributed by atoms with Gasteiger partial charge >= 0.3 is 0 Å². The van der Waals surface area contributed by atoms with Crippen molar-refractivity contribution in [3.05, 3.63) is 24.0 Å². The molecule has 0 spiro atoms. The van der Waals surface area contributed by atoms with Crippen LogP contribution in [0.4, 0.5) is 0 Å².